The zero-order valence-electron chi connectivity index (χ0n) is 15.4. The average Bonchev–Trinajstić information content (AvgIpc) is 2.62. The lowest BCUT2D eigenvalue weighted by Gasteiger charge is -2.26. The number of halogens is 1. The Morgan fingerprint density at radius 1 is 1.32 bits per heavy atom. The molecule has 2 rings (SSSR count). The summed E-state index contributed by atoms with van der Waals surface area (Å²) in [5.41, 5.74) is 1.47. The van der Waals surface area contributed by atoms with Gasteiger partial charge in [0.1, 0.15) is 12.4 Å². The molecule has 1 aromatic rings. The van der Waals surface area contributed by atoms with Crippen LogP contribution in [0.15, 0.2) is 23.2 Å². The summed E-state index contributed by atoms with van der Waals surface area (Å²) in [7, 11) is 0. The van der Waals surface area contributed by atoms with E-state index in [0.29, 0.717) is 18.1 Å². The SMILES string of the molecule is CCNC(=NCC(=O)N1CCCCC1)NC(C)c1ccc(C)c(F)c1. The van der Waals surface area contributed by atoms with Gasteiger partial charge in [-0.2, -0.15) is 0 Å². The van der Waals surface area contributed by atoms with Crippen LogP contribution in [0, 0.1) is 12.7 Å². The van der Waals surface area contributed by atoms with E-state index < -0.39 is 0 Å². The predicted octanol–water partition coefficient (Wildman–Crippen LogP) is 2.76. The minimum absolute atomic E-state index is 0.0611. The number of guanidine groups is 1. The Bertz CT molecular complexity index is 611. The Morgan fingerprint density at radius 3 is 2.68 bits per heavy atom. The molecule has 0 saturated carbocycles. The average molecular weight is 348 g/mol. The maximum absolute atomic E-state index is 13.8. The number of carbonyl (C=O) groups is 1. The van der Waals surface area contributed by atoms with Crippen LogP contribution in [-0.4, -0.2) is 42.9 Å². The monoisotopic (exact) mass is 348 g/mol. The molecule has 2 N–H and O–H groups in total. The number of nitrogens with one attached hydrogen (secondary N) is 2. The van der Waals surface area contributed by atoms with E-state index in [1.54, 1.807) is 13.0 Å². The first kappa shape index (κ1) is 19.2. The van der Waals surface area contributed by atoms with Crippen molar-refractivity contribution in [3.63, 3.8) is 0 Å². The zero-order chi connectivity index (χ0) is 18.2. The van der Waals surface area contributed by atoms with Crippen molar-refractivity contribution in [2.75, 3.05) is 26.2 Å². The van der Waals surface area contributed by atoms with Gasteiger partial charge in [-0.05, 0) is 57.2 Å². The van der Waals surface area contributed by atoms with Crippen molar-refractivity contribution in [2.24, 2.45) is 4.99 Å². The quantitative estimate of drug-likeness (QED) is 0.635. The van der Waals surface area contributed by atoms with Gasteiger partial charge < -0.3 is 15.5 Å². The number of hydrogen-bond donors (Lipinski definition) is 2. The molecule has 1 heterocycles. The first-order chi connectivity index (χ1) is 12.0. The van der Waals surface area contributed by atoms with Gasteiger partial charge in [-0.25, -0.2) is 9.38 Å². The fraction of sp³-hybridized carbons (Fsp3) is 0.579. The number of aryl methyl sites for hydroxylation is 1. The zero-order valence-corrected chi connectivity index (χ0v) is 15.4. The Kier molecular flexibility index (Phi) is 7.22. The van der Waals surface area contributed by atoms with Gasteiger partial charge >= 0.3 is 0 Å². The molecule has 0 spiro atoms. The Balaban J connectivity index is 1.98. The van der Waals surface area contributed by atoms with Crippen LogP contribution in [0.1, 0.15) is 50.3 Å². The highest BCUT2D eigenvalue weighted by Gasteiger charge is 2.16. The van der Waals surface area contributed by atoms with Crippen molar-refractivity contribution in [3.05, 3.63) is 35.1 Å². The lowest BCUT2D eigenvalue weighted by Crippen LogP contribution is -2.41. The molecule has 1 aliphatic rings. The molecule has 1 amide bonds. The molecule has 0 radical (unpaired) electrons. The Hall–Kier alpha value is -2.11. The van der Waals surface area contributed by atoms with Crippen molar-refractivity contribution in [3.8, 4) is 0 Å². The third kappa shape index (κ3) is 5.73. The molecule has 1 atom stereocenters. The Morgan fingerprint density at radius 2 is 2.04 bits per heavy atom. The van der Waals surface area contributed by atoms with E-state index >= 15 is 0 Å². The maximum Gasteiger partial charge on any atom is 0.244 e. The van der Waals surface area contributed by atoms with Crippen LogP contribution in [0.25, 0.3) is 0 Å². The summed E-state index contributed by atoms with van der Waals surface area (Å²) in [5.74, 6) is 0.417. The number of likely N-dealkylation sites (tertiary alicyclic amines) is 1. The summed E-state index contributed by atoms with van der Waals surface area (Å²) >= 11 is 0. The lowest BCUT2D eigenvalue weighted by atomic mass is 10.1. The first-order valence-electron chi connectivity index (χ1n) is 9.10. The molecule has 1 aliphatic heterocycles. The summed E-state index contributed by atoms with van der Waals surface area (Å²) in [6.45, 7) is 8.15. The molecule has 6 heteroatoms. The number of amides is 1. The number of piperidine rings is 1. The normalized spacial score (nSPS) is 16.5. The van der Waals surface area contributed by atoms with E-state index in [1.165, 1.54) is 12.5 Å². The van der Waals surface area contributed by atoms with Crippen molar-refractivity contribution in [1.82, 2.24) is 15.5 Å². The molecule has 138 valence electrons. The maximum atomic E-state index is 13.8. The number of carbonyl (C=O) groups excluding carboxylic acids is 1. The second kappa shape index (κ2) is 9.39. The highest BCUT2D eigenvalue weighted by molar-refractivity contribution is 5.85. The fourth-order valence-electron chi connectivity index (χ4n) is 2.88. The predicted molar refractivity (Wildman–Crippen MR) is 99.1 cm³/mol. The van der Waals surface area contributed by atoms with Crippen LogP contribution in [0.2, 0.25) is 0 Å². The first-order valence-corrected chi connectivity index (χ1v) is 9.10. The minimum Gasteiger partial charge on any atom is -0.357 e. The van der Waals surface area contributed by atoms with Gasteiger partial charge in [0.2, 0.25) is 5.91 Å². The van der Waals surface area contributed by atoms with Crippen molar-refractivity contribution >= 4 is 11.9 Å². The number of hydrogen-bond acceptors (Lipinski definition) is 2. The van der Waals surface area contributed by atoms with Gasteiger partial charge in [-0.15, -0.1) is 0 Å². The van der Waals surface area contributed by atoms with E-state index in [9.17, 15) is 9.18 Å². The molecular formula is C19H29FN4O. The van der Waals surface area contributed by atoms with E-state index in [2.05, 4.69) is 15.6 Å². The van der Waals surface area contributed by atoms with E-state index in [0.717, 1.165) is 31.5 Å². The van der Waals surface area contributed by atoms with Crippen molar-refractivity contribution in [1.29, 1.82) is 0 Å². The second-order valence-corrected chi connectivity index (χ2v) is 6.51. The minimum atomic E-state index is -0.214. The number of aliphatic imine (C=N–C) groups is 1. The van der Waals surface area contributed by atoms with Gasteiger partial charge in [0.25, 0.3) is 0 Å². The largest absolute Gasteiger partial charge is 0.357 e. The molecule has 5 nitrogen and oxygen atoms in total. The smallest absolute Gasteiger partial charge is 0.244 e. The molecule has 0 bridgehead atoms. The molecule has 1 saturated heterocycles. The van der Waals surface area contributed by atoms with Gasteiger partial charge in [-0.1, -0.05) is 12.1 Å². The van der Waals surface area contributed by atoms with Crippen LogP contribution in [0.5, 0.6) is 0 Å². The van der Waals surface area contributed by atoms with Gasteiger partial charge in [0.15, 0.2) is 5.96 Å². The van der Waals surface area contributed by atoms with E-state index in [1.807, 2.05) is 24.8 Å². The summed E-state index contributed by atoms with van der Waals surface area (Å²) in [5, 5.41) is 6.38. The highest BCUT2D eigenvalue weighted by atomic mass is 19.1. The fourth-order valence-corrected chi connectivity index (χ4v) is 2.88. The lowest BCUT2D eigenvalue weighted by molar-refractivity contribution is -0.130. The van der Waals surface area contributed by atoms with Gasteiger partial charge in [0, 0.05) is 19.6 Å². The standard InChI is InChI=1S/C19H29FN4O/c1-4-21-19(22-13-18(25)24-10-6-5-7-11-24)23-15(3)16-9-8-14(2)17(20)12-16/h8-9,12,15H,4-7,10-11,13H2,1-3H3,(H2,21,22,23). The Labute approximate surface area is 149 Å². The number of nitrogens with zero attached hydrogens (tertiary/aromatic N) is 2. The highest BCUT2D eigenvalue weighted by Crippen LogP contribution is 2.16. The summed E-state index contributed by atoms with van der Waals surface area (Å²) in [4.78, 5) is 18.5. The topological polar surface area (TPSA) is 56.7 Å². The molecule has 1 unspecified atom stereocenters. The van der Waals surface area contributed by atoms with Crippen LogP contribution >= 0.6 is 0 Å². The summed E-state index contributed by atoms with van der Waals surface area (Å²) in [6, 6.07) is 5.10. The van der Waals surface area contributed by atoms with Crippen LogP contribution in [0.3, 0.4) is 0 Å². The van der Waals surface area contributed by atoms with E-state index in [4.69, 9.17) is 0 Å². The molecule has 0 aromatic heterocycles. The third-order valence-electron chi connectivity index (χ3n) is 4.47. The molecule has 1 aromatic carbocycles. The second-order valence-electron chi connectivity index (χ2n) is 6.51. The van der Waals surface area contributed by atoms with Crippen molar-refractivity contribution in [2.45, 2.75) is 46.1 Å². The van der Waals surface area contributed by atoms with Crippen LogP contribution < -0.4 is 10.6 Å². The summed E-state index contributed by atoms with van der Waals surface area (Å²) in [6.07, 6.45) is 3.34. The molecule has 1 fully saturated rings. The number of rotatable bonds is 5. The number of benzene rings is 1. The van der Waals surface area contributed by atoms with Crippen LogP contribution in [0.4, 0.5) is 4.39 Å². The van der Waals surface area contributed by atoms with Gasteiger partial charge in [0.05, 0.1) is 6.04 Å². The summed E-state index contributed by atoms with van der Waals surface area (Å²) < 4.78 is 13.8. The van der Waals surface area contributed by atoms with Crippen LogP contribution in [-0.2, 0) is 4.79 Å². The molecule has 25 heavy (non-hydrogen) atoms. The third-order valence-corrected chi connectivity index (χ3v) is 4.47. The van der Waals surface area contributed by atoms with E-state index in [-0.39, 0.29) is 24.3 Å². The van der Waals surface area contributed by atoms with Gasteiger partial charge in [-0.3, -0.25) is 4.79 Å². The molecule has 0 aliphatic carbocycles. The van der Waals surface area contributed by atoms with Crippen molar-refractivity contribution < 1.29 is 9.18 Å². The molecular weight excluding hydrogens is 319 g/mol.